The molecule has 0 bridgehead atoms. The first kappa shape index (κ1) is 21.7. The van der Waals surface area contributed by atoms with E-state index in [9.17, 15) is 9.59 Å². The minimum atomic E-state index is -0.479. The zero-order valence-corrected chi connectivity index (χ0v) is 16.7. The Bertz CT molecular complexity index is 427. The van der Waals surface area contributed by atoms with Crippen LogP contribution in [-0.4, -0.2) is 28.6 Å². The predicted octanol–water partition coefficient (Wildman–Crippen LogP) is 3.58. The normalized spacial score (nSPS) is 13.5. The lowest BCUT2D eigenvalue weighted by atomic mass is 9.81. The Labute approximate surface area is 142 Å². The van der Waals surface area contributed by atoms with Crippen LogP contribution in [0.1, 0.15) is 82.1 Å². The largest absolute Gasteiger partial charge is 0.351 e. The molecule has 3 amide bonds. The van der Waals surface area contributed by atoms with E-state index in [1.54, 1.807) is 0 Å². The van der Waals surface area contributed by atoms with Gasteiger partial charge in [0.15, 0.2) is 0 Å². The highest BCUT2D eigenvalue weighted by Gasteiger charge is 2.33. The fourth-order valence-corrected chi connectivity index (χ4v) is 1.99. The SMILES string of the molecule is CC(C)(C)NC(=O)NC(C)(C)CCC(C)(C)C(=O)NC(C)(C)C. The van der Waals surface area contributed by atoms with E-state index in [0.717, 1.165) is 6.42 Å². The Hall–Kier alpha value is -1.26. The van der Waals surface area contributed by atoms with Crippen molar-refractivity contribution in [2.45, 2.75) is 98.7 Å². The number of amides is 3. The molecule has 0 aromatic carbocycles. The highest BCUT2D eigenvalue weighted by atomic mass is 16.2. The first-order valence-electron chi connectivity index (χ1n) is 8.37. The number of hydrogen-bond acceptors (Lipinski definition) is 2. The summed E-state index contributed by atoms with van der Waals surface area (Å²) >= 11 is 0. The van der Waals surface area contributed by atoms with Crippen LogP contribution < -0.4 is 16.0 Å². The summed E-state index contributed by atoms with van der Waals surface area (Å²) in [5.41, 5.74) is -1.37. The monoisotopic (exact) mass is 327 g/mol. The predicted molar refractivity (Wildman–Crippen MR) is 96.4 cm³/mol. The molecular formula is C18H37N3O2. The Kier molecular flexibility index (Phi) is 6.71. The van der Waals surface area contributed by atoms with Crippen LogP contribution in [0, 0.1) is 5.41 Å². The van der Waals surface area contributed by atoms with Crippen molar-refractivity contribution in [1.29, 1.82) is 0 Å². The second-order valence-corrected chi connectivity index (χ2v) is 9.80. The highest BCUT2D eigenvalue weighted by molar-refractivity contribution is 5.82. The fraction of sp³-hybridized carbons (Fsp3) is 0.889. The fourth-order valence-electron chi connectivity index (χ4n) is 1.99. The van der Waals surface area contributed by atoms with Crippen molar-refractivity contribution in [3.8, 4) is 0 Å². The van der Waals surface area contributed by atoms with E-state index in [2.05, 4.69) is 16.0 Å². The van der Waals surface area contributed by atoms with Crippen LogP contribution in [-0.2, 0) is 4.79 Å². The maximum atomic E-state index is 12.4. The van der Waals surface area contributed by atoms with Crippen LogP contribution >= 0.6 is 0 Å². The molecule has 3 N–H and O–H groups in total. The van der Waals surface area contributed by atoms with E-state index in [0.29, 0.717) is 6.42 Å². The summed E-state index contributed by atoms with van der Waals surface area (Å²) in [5, 5.41) is 8.92. The minimum Gasteiger partial charge on any atom is -0.351 e. The Morgan fingerprint density at radius 1 is 0.652 bits per heavy atom. The van der Waals surface area contributed by atoms with Crippen LogP contribution in [0.2, 0.25) is 0 Å². The zero-order chi connectivity index (χ0) is 18.7. The van der Waals surface area contributed by atoms with Crippen molar-refractivity contribution < 1.29 is 9.59 Å². The topological polar surface area (TPSA) is 70.2 Å². The Morgan fingerprint density at radius 2 is 1.09 bits per heavy atom. The highest BCUT2D eigenvalue weighted by Crippen LogP contribution is 2.27. The lowest BCUT2D eigenvalue weighted by Crippen LogP contribution is -2.54. The summed E-state index contributed by atoms with van der Waals surface area (Å²) in [6, 6.07) is -0.181. The smallest absolute Gasteiger partial charge is 0.315 e. The number of hydrogen-bond donors (Lipinski definition) is 3. The van der Waals surface area contributed by atoms with Crippen molar-refractivity contribution >= 4 is 11.9 Å². The summed E-state index contributed by atoms with van der Waals surface area (Å²) in [6.07, 6.45) is 1.41. The summed E-state index contributed by atoms with van der Waals surface area (Å²) < 4.78 is 0. The Morgan fingerprint density at radius 3 is 1.48 bits per heavy atom. The molecule has 0 radical (unpaired) electrons. The van der Waals surface area contributed by atoms with Gasteiger partial charge in [0.1, 0.15) is 0 Å². The number of rotatable bonds is 5. The first-order chi connectivity index (χ1) is 9.94. The second kappa shape index (κ2) is 7.10. The van der Waals surface area contributed by atoms with Gasteiger partial charge in [0.05, 0.1) is 0 Å². The van der Waals surface area contributed by atoms with Gasteiger partial charge in [-0.3, -0.25) is 4.79 Å². The molecule has 0 saturated carbocycles. The van der Waals surface area contributed by atoms with Crippen molar-refractivity contribution in [2.24, 2.45) is 5.41 Å². The standard InChI is InChI=1S/C18H37N3O2/c1-15(2,3)19-13(22)17(7,8)11-12-18(9,10)21-14(23)20-16(4,5)6/h11-12H2,1-10H3,(H,19,22)(H2,20,21,23). The van der Waals surface area contributed by atoms with Crippen molar-refractivity contribution in [3.63, 3.8) is 0 Å². The summed E-state index contributed by atoms with van der Waals surface area (Å²) in [6.45, 7) is 19.6. The average molecular weight is 328 g/mol. The molecule has 0 unspecified atom stereocenters. The van der Waals surface area contributed by atoms with Crippen LogP contribution in [0.25, 0.3) is 0 Å². The molecule has 23 heavy (non-hydrogen) atoms. The van der Waals surface area contributed by atoms with Crippen molar-refractivity contribution in [2.75, 3.05) is 0 Å². The molecule has 0 fully saturated rings. The molecule has 0 aliphatic carbocycles. The molecule has 0 spiro atoms. The van der Waals surface area contributed by atoms with Gasteiger partial charge < -0.3 is 16.0 Å². The van der Waals surface area contributed by atoms with Crippen molar-refractivity contribution in [3.05, 3.63) is 0 Å². The maximum Gasteiger partial charge on any atom is 0.315 e. The molecule has 0 heterocycles. The quantitative estimate of drug-likeness (QED) is 0.722. The zero-order valence-electron chi connectivity index (χ0n) is 16.7. The lowest BCUT2D eigenvalue weighted by Gasteiger charge is -2.34. The van der Waals surface area contributed by atoms with Crippen LogP contribution in [0.15, 0.2) is 0 Å². The van der Waals surface area contributed by atoms with Gasteiger partial charge in [-0.15, -0.1) is 0 Å². The molecule has 0 saturated heterocycles. The van der Waals surface area contributed by atoms with Crippen molar-refractivity contribution in [1.82, 2.24) is 16.0 Å². The lowest BCUT2D eigenvalue weighted by molar-refractivity contribution is -0.131. The molecule has 0 aliphatic rings. The van der Waals surface area contributed by atoms with E-state index in [4.69, 9.17) is 0 Å². The van der Waals surface area contributed by atoms with Crippen LogP contribution in [0.4, 0.5) is 4.79 Å². The van der Waals surface area contributed by atoms with Gasteiger partial charge in [0.2, 0.25) is 5.91 Å². The third kappa shape index (κ3) is 10.2. The van der Waals surface area contributed by atoms with Gasteiger partial charge in [0, 0.05) is 22.0 Å². The van der Waals surface area contributed by atoms with E-state index in [-0.39, 0.29) is 28.6 Å². The van der Waals surface area contributed by atoms with Gasteiger partial charge in [-0.05, 0) is 68.2 Å². The minimum absolute atomic E-state index is 0.0416. The van der Waals surface area contributed by atoms with E-state index < -0.39 is 5.41 Å². The van der Waals surface area contributed by atoms with Crippen LogP contribution in [0.5, 0.6) is 0 Å². The molecule has 5 nitrogen and oxygen atoms in total. The van der Waals surface area contributed by atoms with Gasteiger partial charge >= 0.3 is 6.03 Å². The third-order valence-electron chi connectivity index (χ3n) is 3.42. The summed E-state index contributed by atoms with van der Waals surface area (Å²) in [4.78, 5) is 24.4. The third-order valence-corrected chi connectivity index (χ3v) is 3.42. The molecule has 0 rings (SSSR count). The Balaban J connectivity index is 4.62. The average Bonchev–Trinajstić information content (AvgIpc) is 2.20. The van der Waals surface area contributed by atoms with E-state index in [1.165, 1.54) is 0 Å². The molecular weight excluding hydrogens is 290 g/mol. The number of nitrogens with one attached hydrogen (secondary N) is 3. The molecule has 0 aromatic rings. The molecule has 0 aliphatic heterocycles. The second-order valence-electron chi connectivity index (χ2n) is 9.80. The summed E-state index contributed by atoms with van der Waals surface area (Å²) in [7, 11) is 0. The van der Waals surface area contributed by atoms with E-state index in [1.807, 2.05) is 69.2 Å². The number of carbonyl (C=O) groups excluding carboxylic acids is 2. The number of carbonyl (C=O) groups is 2. The van der Waals surface area contributed by atoms with Crippen LogP contribution in [0.3, 0.4) is 0 Å². The first-order valence-corrected chi connectivity index (χ1v) is 8.37. The molecule has 0 aromatic heterocycles. The summed E-state index contributed by atoms with van der Waals surface area (Å²) in [5.74, 6) is 0.0416. The molecule has 136 valence electrons. The maximum absolute atomic E-state index is 12.4. The van der Waals surface area contributed by atoms with Gasteiger partial charge in [-0.1, -0.05) is 13.8 Å². The molecule has 5 heteroatoms. The van der Waals surface area contributed by atoms with Gasteiger partial charge in [0.25, 0.3) is 0 Å². The van der Waals surface area contributed by atoms with Gasteiger partial charge in [-0.25, -0.2) is 4.79 Å². The van der Waals surface area contributed by atoms with Gasteiger partial charge in [-0.2, -0.15) is 0 Å². The molecule has 0 atom stereocenters. The number of urea groups is 1. The van der Waals surface area contributed by atoms with E-state index >= 15 is 0 Å².